The second-order valence-corrected chi connectivity index (χ2v) is 8.67. The molecule has 1 saturated heterocycles. The molecule has 2 aliphatic rings. The van der Waals surface area contributed by atoms with Gasteiger partial charge in [-0.25, -0.2) is 4.79 Å². The van der Waals surface area contributed by atoms with Gasteiger partial charge in [-0.15, -0.1) is 0 Å². The molecule has 1 atom stereocenters. The largest absolute Gasteiger partial charge is 0.444 e. The summed E-state index contributed by atoms with van der Waals surface area (Å²) in [6, 6.07) is 0.567. The Morgan fingerprint density at radius 2 is 1.67 bits per heavy atom. The molecular weight excluding hydrogens is 304 g/mol. The molecule has 2 rings (SSSR count). The van der Waals surface area contributed by atoms with E-state index >= 15 is 0 Å². The van der Waals surface area contributed by atoms with Gasteiger partial charge in [-0.05, 0) is 78.1 Å². The number of nitrogens with zero attached hydrogens (tertiary/aromatic N) is 1. The Morgan fingerprint density at radius 3 is 2.17 bits per heavy atom. The van der Waals surface area contributed by atoms with Crippen molar-refractivity contribution in [3.05, 3.63) is 0 Å². The third-order valence-corrected chi connectivity index (χ3v) is 5.33. The van der Waals surface area contributed by atoms with Gasteiger partial charge in [-0.3, -0.25) is 0 Å². The third-order valence-electron chi connectivity index (χ3n) is 5.33. The van der Waals surface area contributed by atoms with Crippen molar-refractivity contribution in [1.82, 2.24) is 10.2 Å². The molecule has 5 nitrogen and oxygen atoms in total. The standard InChI is InChI=1S/C19H36N2O3/c1-14(22)13-20-17-7-5-15(6-8-17)16-9-11-21(12-10-16)18(23)24-19(2,3)4/h14-17,20,22H,5-13H2,1-4H3/t14-,15?,17?/m0/s1. The summed E-state index contributed by atoms with van der Waals surface area (Å²) in [4.78, 5) is 14.0. The van der Waals surface area contributed by atoms with Crippen molar-refractivity contribution in [2.45, 2.75) is 84.0 Å². The lowest BCUT2D eigenvalue weighted by Crippen LogP contribution is -2.44. The fourth-order valence-electron chi connectivity index (χ4n) is 4.01. The minimum atomic E-state index is -0.411. The smallest absolute Gasteiger partial charge is 0.410 e. The molecule has 0 aromatic carbocycles. The second-order valence-electron chi connectivity index (χ2n) is 8.67. The SMILES string of the molecule is C[C@H](O)CNC1CCC(C2CCN(C(=O)OC(C)(C)C)CC2)CC1. The number of ether oxygens (including phenoxy) is 1. The zero-order valence-electron chi connectivity index (χ0n) is 15.9. The van der Waals surface area contributed by atoms with Gasteiger partial charge in [0.05, 0.1) is 6.10 Å². The van der Waals surface area contributed by atoms with Crippen LogP contribution in [0.1, 0.15) is 66.2 Å². The summed E-state index contributed by atoms with van der Waals surface area (Å²) in [5.74, 6) is 1.55. The molecule has 0 bridgehead atoms. The molecule has 0 spiro atoms. The van der Waals surface area contributed by atoms with Crippen LogP contribution in [0, 0.1) is 11.8 Å². The van der Waals surface area contributed by atoms with E-state index in [0.717, 1.165) is 37.8 Å². The lowest BCUT2D eigenvalue weighted by atomic mass is 9.74. The van der Waals surface area contributed by atoms with Gasteiger partial charge < -0.3 is 20.1 Å². The average Bonchev–Trinajstić information content (AvgIpc) is 2.52. The molecule has 1 aliphatic carbocycles. The van der Waals surface area contributed by atoms with Crippen molar-refractivity contribution >= 4 is 6.09 Å². The molecule has 24 heavy (non-hydrogen) atoms. The van der Waals surface area contributed by atoms with Crippen LogP contribution in [0.5, 0.6) is 0 Å². The van der Waals surface area contributed by atoms with Crippen LogP contribution in [0.3, 0.4) is 0 Å². The molecule has 1 amide bonds. The number of carbonyl (C=O) groups excluding carboxylic acids is 1. The highest BCUT2D eigenvalue weighted by molar-refractivity contribution is 5.68. The maximum atomic E-state index is 12.1. The molecular formula is C19H36N2O3. The minimum absolute atomic E-state index is 0.160. The zero-order valence-corrected chi connectivity index (χ0v) is 15.9. The first kappa shape index (κ1) is 19.5. The molecule has 0 unspecified atom stereocenters. The summed E-state index contributed by atoms with van der Waals surface area (Å²) in [6.07, 6.45) is 6.76. The number of piperidine rings is 1. The maximum absolute atomic E-state index is 12.1. The van der Waals surface area contributed by atoms with E-state index in [2.05, 4.69) is 5.32 Å². The minimum Gasteiger partial charge on any atom is -0.444 e. The van der Waals surface area contributed by atoms with E-state index in [0.29, 0.717) is 12.6 Å². The van der Waals surface area contributed by atoms with Crippen molar-refractivity contribution in [3.63, 3.8) is 0 Å². The highest BCUT2D eigenvalue weighted by atomic mass is 16.6. The first-order valence-corrected chi connectivity index (χ1v) is 9.64. The molecule has 0 radical (unpaired) electrons. The van der Waals surface area contributed by atoms with E-state index in [9.17, 15) is 9.90 Å². The van der Waals surface area contributed by atoms with Crippen LogP contribution in [0.15, 0.2) is 0 Å². The Morgan fingerprint density at radius 1 is 1.12 bits per heavy atom. The van der Waals surface area contributed by atoms with Gasteiger partial charge in [-0.1, -0.05) is 0 Å². The number of aliphatic hydroxyl groups is 1. The van der Waals surface area contributed by atoms with Crippen LogP contribution in [0.4, 0.5) is 4.79 Å². The van der Waals surface area contributed by atoms with Gasteiger partial charge in [0.1, 0.15) is 5.60 Å². The van der Waals surface area contributed by atoms with Gasteiger partial charge in [-0.2, -0.15) is 0 Å². The van der Waals surface area contributed by atoms with Crippen LogP contribution < -0.4 is 5.32 Å². The third kappa shape index (κ3) is 6.25. The van der Waals surface area contributed by atoms with Crippen LogP contribution in [-0.2, 0) is 4.74 Å². The lowest BCUT2D eigenvalue weighted by molar-refractivity contribution is 0.0145. The molecule has 0 aromatic rings. The molecule has 2 fully saturated rings. The van der Waals surface area contributed by atoms with Crippen LogP contribution in [0.2, 0.25) is 0 Å². The van der Waals surface area contributed by atoms with Gasteiger partial charge in [0.25, 0.3) is 0 Å². The van der Waals surface area contributed by atoms with Gasteiger partial charge >= 0.3 is 6.09 Å². The molecule has 1 heterocycles. The predicted molar refractivity (Wildman–Crippen MR) is 96.0 cm³/mol. The second kappa shape index (κ2) is 8.52. The van der Waals surface area contributed by atoms with E-state index in [1.54, 1.807) is 0 Å². The number of nitrogens with one attached hydrogen (secondary N) is 1. The van der Waals surface area contributed by atoms with Crippen LogP contribution >= 0.6 is 0 Å². The summed E-state index contributed by atoms with van der Waals surface area (Å²) >= 11 is 0. The zero-order chi connectivity index (χ0) is 17.7. The normalized spacial score (nSPS) is 27.8. The van der Waals surface area contributed by atoms with Crippen molar-refractivity contribution in [3.8, 4) is 0 Å². The van der Waals surface area contributed by atoms with E-state index < -0.39 is 5.60 Å². The molecule has 5 heteroatoms. The summed E-state index contributed by atoms with van der Waals surface area (Å²) in [6.45, 7) is 9.95. The van der Waals surface area contributed by atoms with Crippen LogP contribution in [0.25, 0.3) is 0 Å². The van der Waals surface area contributed by atoms with Gasteiger partial charge in [0.2, 0.25) is 0 Å². The van der Waals surface area contributed by atoms with E-state index in [1.807, 2.05) is 32.6 Å². The fourth-order valence-corrected chi connectivity index (χ4v) is 4.01. The van der Waals surface area contributed by atoms with Gasteiger partial charge in [0, 0.05) is 25.7 Å². The Kier molecular flexibility index (Phi) is 6.93. The number of hydrogen-bond acceptors (Lipinski definition) is 4. The predicted octanol–water partition coefficient (Wildman–Crippen LogP) is 3.16. The average molecular weight is 341 g/mol. The number of rotatable bonds is 4. The number of carbonyl (C=O) groups is 1. The molecule has 0 aromatic heterocycles. The van der Waals surface area contributed by atoms with Crippen LogP contribution in [-0.4, -0.2) is 53.5 Å². The Balaban J connectivity index is 1.69. The summed E-state index contributed by atoms with van der Waals surface area (Å²) in [5.41, 5.74) is -0.411. The van der Waals surface area contributed by atoms with E-state index in [-0.39, 0.29) is 12.2 Å². The number of hydrogen-bond donors (Lipinski definition) is 2. The van der Waals surface area contributed by atoms with Crippen molar-refractivity contribution < 1.29 is 14.6 Å². The highest BCUT2D eigenvalue weighted by Crippen LogP contribution is 2.36. The maximum Gasteiger partial charge on any atom is 0.410 e. The highest BCUT2D eigenvalue weighted by Gasteiger charge is 2.32. The Labute approximate surface area is 147 Å². The van der Waals surface area contributed by atoms with Gasteiger partial charge in [0.15, 0.2) is 0 Å². The first-order chi connectivity index (χ1) is 11.2. The summed E-state index contributed by atoms with van der Waals surface area (Å²) in [7, 11) is 0. The van der Waals surface area contributed by atoms with Crippen molar-refractivity contribution in [2.75, 3.05) is 19.6 Å². The topological polar surface area (TPSA) is 61.8 Å². The van der Waals surface area contributed by atoms with Crippen molar-refractivity contribution in [2.24, 2.45) is 11.8 Å². The molecule has 2 N–H and O–H groups in total. The lowest BCUT2D eigenvalue weighted by Gasteiger charge is -2.39. The Hall–Kier alpha value is -0.810. The van der Waals surface area contributed by atoms with E-state index in [1.165, 1.54) is 25.7 Å². The fraction of sp³-hybridized carbons (Fsp3) is 0.947. The Bertz CT molecular complexity index is 390. The molecule has 1 aliphatic heterocycles. The molecule has 1 saturated carbocycles. The summed E-state index contributed by atoms with van der Waals surface area (Å²) < 4.78 is 5.48. The number of aliphatic hydroxyl groups excluding tert-OH is 1. The number of likely N-dealkylation sites (tertiary alicyclic amines) is 1. The van der Waals surface area contributed by atoms with E-state index in [4.69, 9.17) is 4.74 Å². The number of amides is 1. The quantitative estimate of drug-likeness (QED) is 0.825. The molecule has 140 valence electrons. The van der Waals surface area contributed by atoms with Crippen molar-refractivity contribution in [1.29, 1.82) is 0 Å². The first-order valence-electron chi connectivity index (χ1n) is 9.64. The summed E-state index contributed by atoms with van der Waals surface area (Å²) in [5, 5.41) is 12.8. The monoisotopic (exact) mass is 340 g/mol.